The van der Waals surface area contributed by atoms with E-state index in [1.165, 1.54) is 25.3 Å². The number of ether oxygens (including phenoxy) is 2. The topological polar surface area (TPSA) is 59.6 Å². The van der Waals surface area contributed by atoms with Crippen LogP contribution in [0, 0.1) is 5.82 Å². The van der Waals surface area contributed by atoms with Gasteiger partial charge in [-0.25, -0.2) is 4.39 Å². The monoisotopic (exact) mass is 332 g/mol. The first kappa shape index (κ1) is 17.7. The molecule has 1 amide bonds. The number of amides is 1. The van der Waals surface area contributed by atoms with E-state index in [1.807, 2.05) is 24.3 Å². The highest BCUT2D eigenvalue weighted by molar-refractivity contribution is 5.80. The molecule has 0 aliphatic carbocycles. The van der Waals surface area contributed by atoms with Crippen LogP contribution in [0.4, 0.5) is 10.1 Å². The molecule has 0 saturated heterocycles. The molecule has 0 saturated carbocycles. The molecule has 0 aliphatic heterocycles. The lowest BCUT2D eigenvalue weighted by Gasteiger charge is -2.10. The van der Waals surface area contributed by atoms with Crippen LogP contribution in [0.5, 0.6) is 5.75 Å². The van der Waals surface area contributed by atoms with E-state index in [4.69, 9.17) is 9.47 Å². The molecular weight excluding hydrogens is 311 g/mol. The largest absolute Gasteiger partial charge is 0.497 e. The minimum atomic E-state index is -0.434. The van der Waals surface area contributed by atoms with Crippen LogP contribution in [0.3, 0.4) is 0 Å². The third-order valence-electron chi connectivity index (χ3n) is 3.41. The molecular formula is C18H21FN2O3. The van der Waals surface area contributed by atoms with Crippen molar-refractivity contribution in [2.45, 2.75) is 13.2 Å². The summed E-state index contributed by atoms with van der Waals surface area (Å²) in [6.45, 7) is 0.902. The zero-order valence-corrected chi connectivity index (χ0v) is 13.8. The highest BCUT2D eigenvalue weighted by atomic mass is 19.1. The molecule has 5 nitrogen and oxygen atoms in total. The minimum absolute atomic E-state index is 0.0259. The number of halogens is 1. The van der Waals surface area contributed by atoms with E-state index in [0.717, 1.165) is 11.1 Å². The predicted octanol–water partition coefficient (Wildman–Crippen LogP) is 2.71. The number of carbonyl (C=O) groups is 1. The van der Waals surface area contributed by atoms with Crippen molar-refractivity contribution >= 4 is 11.6 Å². The Morgan fingerprint density at radius 1 is 1.12 bits per heavy atom. The molecule has 2 rings (SSSR count). The van der Waals surface area contributed by atoms with Crippen molar-refractivity contribution in [3.05, 3.63) is 59.4 Å². The summed E-state index contributed by atoms with van der Waals surface area (Å²) >= 11 is 0. The SMILES string of the molecule is COCc1cccc(CNC(=O)CNc2cc(OC)ccc2F)c1. The summed E-state index contributed by atoms with van der Waals surface area (Å²) in [4.78, 5) is 11.9. The van der Waals surface area contributed by atoms with Crippen molar-refractivity contribution in [3.8, 4) is 5.75 Å². The van der Waals surface area contributed by atoms with Gasteiger partial charge < -0.3 is 20.1 Å². The normalized spacial score (nSPS) is 10.3. The molecule has 6 heteroatoms. The summed E-state index contributed by atoms with van der Waals surface area (Å²) in [7, 11) is 3.14. The highest BCUT2D eigenvalue weighted by Gasteiger charge is 2.07. The van der Waals surface area contributed by atoms with Gasteiger partial charge in [-0.3, -0.25) is 4.79 Å². The van der Waals surface area contributed by atoms with E-state index < -0.39 is 5.82 Å². The standard InChI is InChI=1S/C18H21FN2O3/c1-23-12-14-5-3-4-13(8-14)10-21-18(22)11-20-17-9-15(24-2)6-7-16(17)19/h3-9,20H,10-12H2,1-2H3,(H,21,22). The molecule has 128 valence electrons. The Hall–Kier alpha value is -2.60. The van der Waals surface area contributed by atoms with Gasteiger partial charge in [0, 0.05) is 19.7 Å². The Kier molecular flexibility index (Phi) is 6.57. The van der Waals surface area contributed by atoms with Crippen molar-refractivity contribution in [1.82, 2.24) is 5.32 Å². The van der Waals surface area contributed by atoms with Crippen LogP contribution < -0.4 is 15.4 Å². The molecule has 24 heavy (non-hydrogen) atoms. The fourth-order valence-corrected chi connectivity index (χ4v) is 2.20. The lowest BCUT2D eigenvalue weighted by Crippen LogP contribution is -2.29. The number of nitrogens with one attached hydrogen (secondary N) is 2. The fourth-order valence-electron chi connectivity index (χ4n) is 2.20. The molecule has 2 aromatic carbocycles. The first-order valence-electron chi connectivity index (χ1n) is 7.53. The molecule has 0 unspecified atom stereocenters. The first-order chi connectivity index (χ1) is 11.6. The van der Waals surface area contributed by atoms with Crippen LogP contribution >= 0.6 is 0 Å². The predicted molar refractivity (Wildman–Crippen MR) is 90.4 cm³/mol. The summed E-state index contributed by atoms with van der Waals surface area (Å²) in [5.74, 6) is -0.139. The van der Waals surface area contributed by atoms with Crippen molar-refractivity contribution in [2.75, 3.05) is 26.1 Å². The number of rotatable bonds is 8. The van der Waals surface area contributed by atoms with E-state index in [2.05, 4.69) is 10.6 Å². The highest BCUT2D eigenvalue weighted by Crippen LogP contribution is 2.20. The van der Waals surface area contributed by atoms with Crippen LogP contribution in [-0.2, 0) is 22.7 Å². The van der Waals surface area contributed by atoms with Crippen LogP contribution in [0.25, 0.3) is 0 Å². The molecule has 0 heterocycles. The van der Waals surface area contributed by atoms with Crippen molar-refractivity contribution in [1.29, 1.82) is 0 Å². The van der Waals surface area contributed by atoms with Gasteiger partial charge in [0.2, 0.25) is 5.91 Å². The number of anilines is 1. The third-order valence-corrected chi connectivity index (χ3v) is 3.41. The lowest BCUT2D eigenvalue weighted by atomic mass is 10.1. The van der Waals surface area contributed by atoms with Gasteiger partial charge in [0.25, 0.3) is 0 Å². The van der Waals surface area contributed by atoms with Crippen LogP contribution in [-0.4, -0.2) is 26.7 Å². The molecule has 2 aromatic rings. The van der Waals surface area contributed by atoms with Crippen LogP contribution in [0.2, 0.25) is 0 Å². The number of methoxy groups -OCH3 is 2. The van der Waals surface area contributed by atoms with E-state index >= 15 is 0 Å². The van der Waals surface area contributed by atoms with Crippen LogP contribution in [0.1, 0.15) is 11.1 Å². The maximum atomic E-state index is 13.7. The second-order valence-electron chi connectivity index (χ2n) is 5.23. The fraction of sp³-hybridized carbons (Fsp3) is 0.278. The maximum Gasteiger partial charge on any atom is 0.239 e. The first-order valence-corrected chi connectivity index (χ1v) is 7.53. The van der Waals surface area contributed by atoms with Gasteiger partial charge in [-0.05, 0) is 23.3 Å². The molecule has 0 fully saturated rings. The van der Waals surface area contributed by atoms with Crippen molar-refractivity contribution < 1.29 is 18.7 Å². The smallest absolute Gasteiger partial charge is 0.239 e. The zero-order valence-electron chi connectivity index (χ0n) is 13.8. The summed E-state index contributed by atoms with van der Waals surface area (Å²) in [6.07, 6.45) is 0. The van der Waals surface area contributed by atoms with Crippen LogP contribution in [0.15, 0.2) is 42.5 Å². The number of hydrogen-bond acceptors (Lipinski definition) is 4. The second kappa shape index (κ2) is 8.88. The summed E-state index contributed by atoms with van der Waals surface area (Å²) in [5.41, 5.74) is 2.25. The molecule has 0 aliphatic rings. The van der Waals surface area contributed by atoms with Gasteiger partial charge in [0.1, 0.15) is 11.6 Å². The van der Waals surface area contributed by atoms with Gasteiger partial charge in [-0.15, -0.1) is 0 Å². The second-order valence-corrected chi connectivity index (χ2v) is 5.23. The molecule has 2 N–H and O–H groups in total. The third kappa shape index (κ3) is 5.24. The van der Waals surface area contributed by atoms with Gasteiger partial charge in [0.15, 0.2) is 0 Å². The molecule has 0 radical (unpaired) electrons. The Morgan fingerprint density at radius 2 is 1.92 bits per heavy atom. The lowest BCUT2D eigenvalue weighted by molar-refractivity contribution is -0.119. The average molecular weight is 332 g/mol. The van der Waals surface area contributed by atoms with E-state index in [1.54, 1.807) is 7.11 Å². The average Bonchev–Trinajstić information content (AvgIpc) is 2.60. The summed E-state index contributed by atoms with van der Waals surface area (Å²) in [5, 5.41) is 5.56. The molecule has 0 bridgehead atoms. The minimum Gasteiger partial charge on any atom is -0.497 e. The van der Waals surface area contributed by atoms with Gasteiger partial charge in [0.05, 0.1) is 25.9 Å². The number of benzene rings is 2. The number of carbonyl (C=O) groups excluding carboxylic acids is 1. The molecule has 0 atom stereocenters. The Bertz CT molecular complexity index is 692. The molecule has 0 aromatic heterocycles. The van der Waals surface area contributed by atoms with E-state index in [0.29, 0.717) is 18.9 Å². The Balaban J connectivity index is 1.84. The summed E-state index contributed by atoms with van der Waals surface area (Å²) < 4.78 is 23.8. The van der Waals surface area contributed by atoms with Gasteiger partial charge in [-0.1, -0.05) is 24.3 Å². The Morgan fingerprint density at radius 3 is 2.67 bits per heavy atom. The number of hydrogen-bond donors (Lipinski definition) is 2. The van der Waals surface area contributed by atoms with E-state index in [-0.39, 0.29) is 18.1 Å². The van der Waals surface area contributed by atoms with Gasteiger partial charge >= 0.3 is 0 Å². The quantitative estimate of drug-likeness (QED) is 0.780. The van der Waals surface area contributed by atoms with Crippen molar-refractivity contribution in [3.63, 3.8) is 0 Å². The summed E-state index contributed by atoms with van der Waals surface area (Å²) in [6, 6.07) is 12.1. The van der Waals surface area contributed by atoms with Crippen molar-refractivity contribution in [2.24, 2.45) is 0 Å². The molecule has 0 spiro atoms. The Labute approximate surface area is 140 Å². The van der Waals surface area contributed by atoms with Gasteiger partial charge in [-0.2, -0.15) is 0 Å². The maximum absolute atomic E-state index is 13.7. The zero-order chi connectivity index (χ0) is 17.4. The van der Waals surface area contributed by atoms with E-state index in [9.17, 15) is 9.18 Å².